The van der Waals surface area contributed by atoms with Crippen LogP contribution in [0.15, 0.2) is 21.5 Å². The number of halogens is 1. The smallest absolute Gasteiger partial charge is 0.284 e. The third-order valence-electron chi connectivity index (χ3n) is 5.10. The molecule has 2 heterocycles. The van der Waals surface area contributed by atoms with Gasteiger partial charge < -0.3 is 25.7 Å². The fourth-order valence-electron chi connectivity index (χ4n) is 3.67. The van der Waals surface area contributed by atoms with E-state index >= 15 is 0 Å². The summed E-state index contributed by atoms with van der Waals surface area (Å²) >= 11 is 0. The summed E-state index contributed by atoms with van der Waals surface area (Å²) in [4.78, 5) is 29.8. The van der Waals surface area contributed by atoms with Crippen LogP contribution in [-0.4, -0.2) is 48.9 Å². The Bertz CT molecular complexity index is 684. The van der Waals surface area contributed by atoms with E-state index in [1.165, 1.54) is 12.8 Å². The van der Waals surface area contributed by atoms with E-state index in [2.05, 4.69) is 15.6 Å². The van der Waals surface area contributed by atoms with E-state index < -0.39 is 5.91 Å². The number of likely N-dealkylation sites (tertiary alicyclic amines) is 1. The summed E-state index contributed by atoms with van der Waals surface area (Å²) in [7, 11) is 1.70. The number of nitrogens with one attached hydrogen (secondary N) is 2. The second-order valence-corrected chi connectivity index (χ2v) is 6.95. The molecule has 1 aromatic rings. The fourth-order valence-corrected chi connectivity index (χ4v) is 3.67. The molecule has 2 amide bonds. The highest BCUT2D eigenvalue weighted by Gasteiger charge is 2.32. The molecule has 2 aliphatic rings. The van der Waals surface area contributed by atoms with Crippen LogP contribution < -0.4 is 16.4 Å². The van der Waals surface area contributed by atoms with Crippen LogP contribution in [0.2, 0.25) is 0 Å². The summed E-state index contributed by atoms with van der Waals surface area (Å²) in [5, 5.41) is 6.51. The molecule has 1 atom stereocenters. The van der Waals surface area contributed by atoms with Crippen molar-refractivity contribution in [2.75, 3.05) is 20.1 Å². The molecule has 0 spiro atoms. The highest BCUT2D eigenvalue weighted by Crippen LogP contribution is 2.27. The monoisotopic (exact) mass is 489 g/mol. The molecule has 2 fully saturated rings. The molecule has 4 N–H and O–H groups in total. The number of amides is 2. The second-order valence-electron chi connectivity index (χ2n) is 6.95. The van der Waals surface area contributed by atoms with Crippen molar-refractivity contribution in [3.63, 3.8) is 0 Å². The van der Waals surface area contributed by atoms with Gasteiger partial charge in [-0.1, -0.05) is 12.8 Å². The minimum atomic E-state index is -0.586. The average molecular weight is 489 g/mol. The van der Waals surface area contributed by atoms with Crippen LogP contribution in [0.4, 0.5) is 0 Å². The molecule has 0 bridgehead atoms. The van der Waals surface area contributed by atoms with Gasteiger partial charge in [-0.15, -0.1) is 24.0 Å². The van der Waals surface area contributed by atoms with Gasteiger partial charge in [0.2, 0.25) is 5.91 Å². The van der Waals surface area contributed by atoms with Gasteiger partial charge in [0.1, 0.15) is 5.76 Å². The molecule has 1 aliphatic carbocycles. The number of carbonyl (C=O) groups excluding carboxylic acids is 2. The standard InChI is InChI=1S/C18H27N5O3.HI/c1-20-18(21-10-14-6-7-15(26-14)16(19)24)22-13-8-9-23(11-13)17(25)12-4-2-3-5-12;/h6-7,12-13H,2-5,8-11H2,1H3,(H2,19,24)(H2,20,21,22);1H. The first kappa shape index (κ1) is 21.5. The molecule has 8 nitrogen and oxygen atoms in total. The lowest BCUT2D eigenvalue weighted by Crippen LogP contribution is -2.45. The van der Waals surface area contributed by atoms with Crippen molar-refractivity contribution in [2.45, 2.75) is 44.7 Å². The molecule has 1 unspecified atom stereocenters. The van der Waals surface area contributed by atoms with Crippen LogP contribution in [-0.2, 0) is 11.3 Å². The third kappa shape index (κ3) is 5.60. The normalized spacial score (nSPS) is 20.4. The van der Waals surface area contributed by atoms with Crippen molar-refractivity contribution < 1.29 is 14.0 Å². The van der Waals surface area contributed by atoms with E-state index in [-0.39, 0.29) is 41.7 Å². The van der Waals surface area contributed by atoms with Crippen LogP contribution in [0, 0.1) is 5.92 Å². The Morgan fingerprint density at radius 3 is 2.67 bits per heavy atom. The quantitative estimate of drug-likeness (QED) is 0.329. The Kier molecular flexibility index (Phi) is 7.93. The molecule has 0 radical (unpaired) electrons. The number of nitrogens with zero attached hydrogens (tertiary/aromatic N) is 2. The maximum atomic E-state index is 12.5. The molecule has 1 saturated carbocycles. The van der Waals surface area contributed by atoms with Crippen LogP contribution in [0.5, 0.6) is 0 Å². The zero-order valence-corrected chi connectivity index (χ0v) is 17.9. The van der Waals surface area contributed by atoms with Gasteiger partial charge in [0.05, 0.1) is 6.54 Å². The maximum absolute atomic E-state index is 12.5. The number of primary amides is 1. The van der Waals surface area contributed by atoms with E-state index in [0.717, 1.165) is 25.8 Å². The van der Waals surface area contributed by atoms with Gasteiger partial charge in [-0.3, -0.25) is 14.6 Å². The average Bonchev–Trinajstić information content (AvgIpc) is 3.39. The highest BCUT2D eigenvalue weighted by molar-refractivity contribution is 14.0. The summed E-state index contributed by atoms with van der Waals surface area (Å²) in [5.41, 5.74) is 5.18. The first-order valence-electron chi connectivity index (χ1n) is 9.21. The molecule has 1 saturated heterocycles. The molecule has 9 heteroatoms. The summed E-state index contributed by atoms with van der Waals surface area (Å²) in [6.07, 6.45) is 5.32. The summed E-state index contributed by atoms with van der Waals surface area (Å²) in [6, 6.07) is 3.45. The lowest BCUT2D eigenvalue weighted by molar-refractivity contribution is -0.134. The first-order valence-corrected chi connectivity index (χ1v) is 9.21. The Labute approximate surface area is 176 Å². The molecule has 1 aliphatic heterocycles. The lowest BCUT2D eigenvalue weighted by Gasteiger charge is -2.21. The summed E-state index contributed by atoms with van der Waals surface area (Å²) < 4.78 is 5.34. The van der Waals surface area contributed by atoms with Gasteiger partial charge in [-0.25, -0.2) is 0 Å². The van der Waals surface area contributed by atoms with Gasteiger partial charge >= 0.3 is 0 Å². The largest absolute Gasteiger partial charge is 0.454 e. The number of furan rings is 1. The number of rotatable bonds is 5. The molecular weight excluding hydrogens is 461 g/mol. The number of hydrogen-bond acceptors (Lipinski definition) is 4. The number of carbonyl (C=O) groups is 2. The van der Waals surface area contributed by atoms with Crippen molar-refractivity contribution >= 4 is 41.8 Å². The molecule has 0 aromatic carbocycles. The lowest BCUT2D eigenvalue weighted by atomic mass is 10.1. The Morgan fingerprint density at radius 1 is 1.30 bits per heavy atom. The maximum Gasteiger partial charge on any atom is 0.284 e. The van der Waals surface area contributed by atoms with Crippen molar-refractivity contribution in [2.24, 2.45) is 16.6 Å². The highest BCUT2D eigenvalue weighted by atomic mass is 127. The first-order chi connectivity index (χ1) is 12.6. The SMILES string of the molecule is CN=C(NCc1ccc(C(N)=O)o1)NC1CCN(C(=O)C2CCCC2)C1.I. The van der Waals surface area contributed by atoms with Crippen molar-refractivity contribution in [1.29, 1.82) is 0 Å². The zero-order chi connectivity index (χ0) is 18.5. The number of nitrogens with two attached hydrogens (primary N) is 1. The summed E-state index contributed by atoms with van der Waals surface area (Å²) in [6.45, 7) is 1.90. The van der Waals surface area contributed by atoms with Crippen molar-refractivity contribution in [1.82, 2.24) is 15.5 Å². The van der Waals surface area contributed by atoms with E-state index in [1.54, 1.807) is 19.2 Å². The van der Waals surface area contributed by atoms with Crippen LogP contribution in [0.1, 0.15) is 48.4 Å². The molecule has 1 aromatic heterocycles. The van der Waals surface area contributed by atoms with E-state index in [1.807, 2.05) is 4.90 Å². The Balaban J connectivity index is 0.00000261. The Morgan fingerprint density at radius 2 is 2.04 bits per heavy atom. The Hall–Kier alpha value is -1.78. The number of aliphatic imine (C=N–C) groups is 1. The molecule has 150 valence electrons. The topological polar surface area (TPSA) is 113 Å². The zero-order valence-electron chi connectivity index (χ0n) is 15.6. The van der Waals surface area contributed by atoms with Gasteiger partial charge in [-0.05, 0) is 31.4 Å². The van der Waals surface area contributed by atoms with Gasteiger partial charge in [0.25, 0.3) is 5.91 Å². The summed E-state index contributed by atoms with van der Waals surface area (Å²) in [5.74, 6) is 1.33. The van der Waals surface area contributed by atoms with Gasteiger partial charge in [-0.2, -0.15) is 0 Å². The number of hydrogen-bond donors (Lipinski definition) is 3. The van der Waals surface area contributed by atoms with Crippen molar-refractivity contribution in [3.05, 3.63) is 23.7 Å². The predicted octanol–water partition coefficient (Wildman–Crippen LogP) is 1.45. The molecule has 27 heavy (non-hydrogen) atoms. The van der Waals surface area contributed by atoms with E-state index in [4.69, 9.17) is 10.2 Å². The van der Waals surface area contributed by atoms with Crippen molar-refractivity contribution in [3.8, 4) is 0 Å². The molecular formula is C18H28IN5O3. The van der Waals surface area contributed by atoms with Crippen LogP contribution in [0.25, 0.3) is 0 Å². The van der Waals surface area contributed by atoms with Crippen LogP contribution >= 0.6 is 24.0 Å². The predicted molar refractivity (Wildman–Crippen MR) is 113 cm³/mol. The third-order valence-corrected chi connectivity index (χ3v) is 5.10. The van der Waals surface area contributed by atoms with Gasteiger partial charge in [0.15, 0.2) is 11.7 Å². The van der Waals surface area contributed by atoms with E-state index in [0.29, 0.717) is 30.7 Å². The molecule has 3 rings (SSSR count). The van der Waals surface area contributed by atoms with Gasteiger partial charge in [0, 0.05) is 32.1 Å². The van der Waals surface area contributed by atoms with Crippen LogP contribution in [0.3, 0.4) is 0 Å². The second kappa shape index (κ2) is 9.95. The van der Waals surface area contributed by atoms with E-state index in [9.17, 15) is 9.59 Å². The number of guanidine groups is 1. The fraction of sp³-hybridized carbons (Fsp3) is 0.611. The minimum absolute atomic E-state index is 0. The minimum Gasteiger partial charge on any atom is -0.454 e.